The van der Waals surface area contributed by atoms with Crippen LogP contribution < -0.4 is 4.74 Å². The second-order valence-electron chi connectivity index (χ2n) is 3.04. The Hall–Kier alpha value is -1.88. The van der Waals surface area contributed by atoms with Gasteiger partial charge in [-0.25, -0.2) is 4.79 Å². The van der Waals surface area contributed by atoms with E-state index in [1.807, 2.05) is 0 Å². The molecule has 1 unspecified atom stereocenters. The number of aldehydes is 1. The van der Waals surface area contributed by atoms with Crippen LogP contribution in [0.5, 0.6) is 5.75 Å². The second-order valence-corrected chi connectivity index (χ2v) is 3.04. The van der Waals surface area contributed by atoms with E-state index in [1.165, 1.54) is 19.2 Å². The maximum atomic E-state index is 11.1. The molecule has 16 heavy (non-hydrogen) atoms. The Morgan fingerprint density at radius 1 is 1.44 bits per heavy atom. The minimum Gasteiger partial charge on any atom is -0.497 e. The summed E-state index contributed by atoms with van der Waals surface area (Å²) in [4.78, 5) is 21.9. The van der Waals surface area contributed by atoms with Crippen LogP contribution >= 0.6 is 0 Å². The number of benzene rings is 1. The topological polar surface area (TPSA) is 72.8 Å². The van der Waals surface area contributed by atoms with E-state index in [9.17, 15) is 14.7 Å². The molecule has 0 aliphatic carbocycles. The highest BCUT2D eigenvalue weighted by molar-refractivity contribution is 5.84. The fourth-order valence-electron chi connectivity index (χ4n) is 1.27. The van der Waals surface area contributed by atoms with Crippen LogP contribution in [-0.4, -0.2) is 31.6 Å². The number of aliphatic hydroxyl groups excluding tert-OH is 1. The van der Waals surface area contributed by atoms with E-state index in [2.05, 4.69) is 4.74 Å². The van der Waals surface area contributed by atoms with Crippen molar-refractivity contribution in [3.05, 3.63) is 29.3 Å². The molecule has 0 heterocycles. The fraction of sp³-hybridized carbons (Fsp3) is 0.273. The number of hydrogen-bond donors (Lipinski definition) is 1. The Labute approximate surface area is 92.6 Å². The first-order valence-corrected chi connectivity index (χ1v) is 4.53. The normalized spacial score (nSPS) is 11.7. The van der Waals surface area contributed by atoms with Gasteiger partial charge in [-0.1, -0.05) is 6.07 Å². The zero-order valence-electron chi connectivity index (χ0n) is 8.97. The van der Waals surface area contributed by atoms with Crippen LogP contribution in [0.25, 0.3) is 0 Å². The number of ether oxygens (including phenoxy) is 2. The van der Waals surface area contributed by atoms with Gasteiger partial charge in [-0.15, -0.1) is 0 Å². The molecule has 5 nitrogen and oxygen atoms in total. The standard InChI is InChI=1S/C11H12O5/c1-15-8-3-4-9(7(5-8)6-12)10(13)11(14)16-2/h3-6,10,13H,1-2H3. The molecule has 1 rings (SSSR count). The Morgan fingerprint density at radius 3 is 2.62 bits per heavy atom. The number of methoxy groups -OCH3 is 2. The van der Waals surface area contributed by atoms with Gasteiger partial charge in [0, 0.05) is 11.1 Å². The van der Waals surface area contributed by atoms with Gasteiger partial charge >= 0.3 is 5.97 Å². The largest absolute Gasteiger partial charge is 0.497 e. The summed E-state index contributed by atoms with van der Waals surface area (Å²) in [6.45, 7) is 0. The predicted molar refractivity (Wildman–Crippen MR) is 55.4 cm³/mol. The van der Waals surface area contributed by atoms with E-state index >= 15 is 0 Å². The molecule has 0 saturated carbocycles. The van der Waals surface area contributed by atoms with Gasteiger partial charge in [0.2, 0.25) is 0 Å². The summed E-state index contributed by atoms with van der Waals surface area (Å²) < 4.78 is 9.31. The molecule has 0 aromatic heterocycles. The molecule has 86 valence electrons. The summed E-state index contributed by atoms with van der Waals surface area (Å²) in [5.41, 5.74) is 0.389. The molecular formula is C11H12O5. The number of esters is 1. The maximum Gasteiger partial charge on any atom is 0.339 e. The van der Waals surface area contributed by atoms with Gasteiger partial charge in [-0.2, -0.15) is 0 Å². The van der Waals surface area contributed by atoms with E-state index in [4.69, 9.17) is 4.74 Å². The van der Waals surface area contributed by atoms with Crippen molar-refractivity contribution in [1.29, 1.82) is 0 Å². The first-order valence-electron chi connectivity index (χ1n) is 4.53. The van der Waals surface area contributed by atoms with Crippen molar-refractivity contribution < 1.29 is 24.2 Å². The predicted octanol–water partition coefficient (Wildman–Crippen LogP) is 0.714. The molecule has 1 N–H and O–H groups in total. The number of rotatable bonds is 4. The molecule has 0 bridgehead atoms. The molecule has 0 spiro atoms. The van der Waals surface area contributed by atoms with Gasteiger partial charge < -0.3 is 14.6 Å². The molecule has 0 radical (unpaired) electrons. The molecule has 1 atom stereocenters. The quantitative estimate of drug-likeness (QED) is 0.602. The molecule has 0 saturated heterocycles. The van der Waals surface area contributed by atoms with E-state index in [0.29, 0.717) is 12.0 Å². The van der Waals surface area contributed by atoms with Crippen LogP contribution in [0.4, 0.5) is 0 Å². The van der Waals surface area contributed by atoms with Crippen LogP contribution in [0.15, 0.2) is 18.2 Å². The van der Waals surface area contributed by atoms with Crippen LogP contribution in [-0.2, 0) is 9.53 Å². The lowest BCUT2D eigenvalue weighted by Gasteiger charge is -2.11. The Balaban J connectivity index is 3.13. The van der Waals surface area contributed by atoms with Crippen molar-refractivity contribution in [1.82, 2.24) is 0 Å². The Kier molecular flexibility index (Phi) is 4.02. The summed E-state index contributed by atoms with van der Waals surface area (Å²) in [7, 11) is 2.62. The molecule has 0 aliphatic rings. The molecule has 0 aliphatic heterocycles. The van der Waals surface area contributed by atoms with E-state index < -0.39 is 12.1 Å². The Morgan fingerprint density at radius 2 is 2.12 bits per heavy atom. The van der Waals surface area contributed by atoms with E-state index in [-0.39, 0.29) is 11.1 Å². The van der Waals surface area contributed by atoms with Crippen molar-refractivity contribution >= 4 is 12.3 Å². The van der Waals surface area contributed by atoms with Crippen molar-refractivity contribution in [2.24, 2.45) is 0 Å². The van der Waals surface area contributed by atoms with Gasteiger partial charge in [0.15, 0.2) is 12.4 Å². The highest BCUT2D eigenvalue weighted by Gasteiger charge is 2.21. The summed E-state index contributed by atoms with van der Waals surface area (Å²) >= 11 is 0. The third-order valence-corrected chi connectivity index (χ3v) is 2.14. The number of aliphatic hydroxyl groups is 1. The van der Waals surface area contributed by atoms with Crippen molar-refractivity contribution in [3.63, 3.8) is 0 Å². The van der Waals surface area contributed by atoms with Gasteiger partial charge in [0.05, 0.1) is 14.2 Å². The van der Waals surface area contributed by atoms with Crippen LogP contribution in [0.1, 0.15) is 22.0 Å². The average molecular weight is 224 g/mol. The summed E-state index contributed by atoms with van der Waals surface area (Å²) in [5, 5.41) is 9.59. The Bertz CT molecular complexity index is 399. The number of carbonyl (C=O) groups excluding carboxylic acids is 2. The van der Waals surface area contributed by atoms with E-state index in [0.717, 1.165) is 7.11 Å². The highest BCUT2D eigenvalue weighted by Crippen LogP contribution is 2.22. The maximum absolute atomic E-state index is 11.1. The van der Waals surface area contributed by atoms with Crippen LogP contribution in [0, 0.1) is 0 Å². The van der Waals surface area contributed by atoms with Gasteiger partial charge in [-0.3, -0.25) is 4.79 Å². The van der Waals surface area contributed by atoms with Crippen LogP contribution in [0.3, 0.4) is 0 Å². The summed E-state index contributed by atoms with van der Waals surface area (Å²) in [5.74, 6) is -0.337. The lowest BCUT2D eigenvalue weighted by Crippen LogP contribution is -2.15. The van der Waals surface area contributed by atoms with Crippen LogP contribution in [0.2, 0.25) is 0 Å². The third-order valence-electron chi connectivity index (χ3n) is 2.14. The monoisotopic (exact) mass is 224 g/mol. The minimum atomic E-state index is -1.46. The lowest BCUT2D eigenvalue weighted by molar-refractivity contribution is -0.150. The van der Waals surface area contributed by atoms with Crippen molar-refractivity contribution in [2.75, 3.05) is 14.2 Å². The minimum absolute atomic E-state index is 0.192. The smallest absolute Gasteiger partial charge is 0.339 e. The zero-order valence-corrected chi connectivity index (χ0v) is 8.97. The number of hydrogen-bond acceptors (Lipinski definition) is 5. The fourth-order valence-corrected chi connectivity index (χ4v) is 1.27. The molecule has 1 aromatic rings. The van der Waals surface area contributed by atoms with Crippen molar-refractivity contribution in [3.8, 4) is 5.75 Å². The molecule has 1 aromatic carbocycles. The van der Waals surface area contributed by atoms with Gasteiger partial charge in [0.25, 0.3) is 0 Å². The average Bonchev–Trinajstić information content (AvgIpc) is 2.35. The second kappa shape index (κ2) is 5.27. The molecule has 0 fully saturated rings. The van der Waals surface area contributed by atoms with Gasteiger partial charge in [0.1, 0.15) is 5.75 Å². The van der Waals surface area contributed by atoms with E-state index in [1.54, 1.807) is 6.07 Å². The third kappa shape index (κ3) is 2.38. The first kappa shape index (κ1) is 12.2. The molecular weight excluding hydrogens is 212 g/mol. The number of carbonyl (C=O) groups is 2. The molecule has 0 amide bonds. The SMILES string of the molecule is COC(=O)C(O)c1ccc(OC)cc1C=O. The summed E-state index contributed by atoms with van der Waals surface area (Å²) in [6, 6.07) is 4.44. The highest BCUT2D eigenvalue weighted by atomic mass is 16.5. The zero-order chi connectivity index (χ0) is 12.1. The summed E-state index contributed by atoms with van der Waals surface area (Å²) in [6.07, 6.45) is -0.916. The first-order chi connectivity index (χ1) is 7.63. The lowest BCUT2D eigenvalue weighted by atomic mass is 10.0. The van der Waals surface area contributed by atoms with Crippen molar-refractivity contribution in [2.45, 2.75) is 6.10 Å². The molecule has 5 heteroatoms. The van der Waals surface area contributed by atoms with Gasteiger partial charge in [-0.05, 0) is 12.1 Å².